The van der Waals surface area contributed by atoms with Crippen LogP contribution in [-0.2, 0) is 0 Å². The first-order valence-electron chi connectivity index (χ1n) is 5.05. The highest BCUT2D eigenvalue weighted by Crippen LogP contribution is 2.17. The lowest BCUT2D eigenvalue weighted by Gasteiger charge is -2.08. The van der Waals surface area contributed by atoms with Crippen molar-refractivity contribution in [3.63, 3.8) is 0 Å². The lowest BCUT2D eigenvalue weighted by Crippen LogP contribution is -2.10. The Bertz CT molecular complexity index is 430. The zero-order chi connectivity index (χ0) is 11.0. The Kier molecular flexibility index (Phi) is 2.34. The van der Waals surface area contributed by atoms with Crippen LogP contribution in [0.5, 0.6) is 0 Å². The van der Waals surface area contributed by atoms with Crippen molar-refractivity contribution in [2.75, 3.05) is 0 Å². The third-order valence-electron chi connectivity index (χ3n) is 2.24. The van der Waals surface area contributed by atoms with Gasteiger partial charge in [-0.15, -0.1) is 15.3 Å². The van der Waals surface area contributed by atoms with Gasteiger partial charge in [0, 0.05) is 11.8 Å². The molecule has 0 aromatic carbocycles. The lowest BCUT2D eigenvalue weighted by molar-refractivity contribution is 0.644. The second kappa shape index (κ2) is 3.52. The van der Waals surface area contributed by atoms with Crippen molar-refractivity contribution in [3.05, 3.63) is 11.5 Å². The molecule has 0 unspecified atom stereocenters. The first kappa shape index (κ1) is 9.95. The van der Waals surface area contributed by atoms with Gasteiger partial charge in [0.25, 0.3) is 0 Å². The van der Waals surface area contributed by atoms with Crippen LogP contribution in [0.25, 0.3) is 5.65 Å². The summed E-state index contributed by atoms with van der Waals surface area (Å²) in [5.41, 5.74) is 1.55. The molecule has 0 aliphatic carbocycles. The summed E-state index contributed by atoms with van der Waals surface area (Å²) in [7, 11) is 0. The summed E-state index contributed by atoms with van der Waals surface area (Å²) in [6.45, 7) is 8.18. The van der Waals surface area contributed by atoms with Crippen LogP contribution in [0.1, 0.15) is 51.0 Å². The molecular weight excluding hydrogens is 192 g/mol. The second-order valence-electron chi connectivity index (χ2n) is 4.17. The molecular formula is C9H14N6. The van der Waals surface area contributed by atoms with Gasteiger partial charge in [0.15, 0.2) is 5.82 Å². The highest BCUT2D eigenvalue weighted by molar-refractivity contribution is 5.42. The number of nitrogens with zero attached hydrogens (tertiary/aromatic N) is 6. The highest BCUT2D eigenvalue weighted by atomic mass is 15.5. The van der Waals surface area contributed by atoms with E-state index in [1.54, 1.807) is 4.52 Å². The molecule has 0 atom stereocenters. The van der Waals surface area contributed by atoms with Gasteiger partial charge in [-0.3, -0.25) is 0 Å². The van der Waals surface area contributed by atoms with E-state index in [4.69, 9.17) is 0 Å². The smallest absolute Gasteiger partial charge is 0.175 e. The summed E-state index contributed by atoms with van der Waals surface area (Å²) in [5.74, 6) is 1.32. The Labute approximate surface area is 87.7 Å². The molecule has 0 amide bonds. The van der Waals surface area contributed by atoms with Crippen LogP contribution >= 0.6 is 0 Å². The molecule has 2 aromatic rings. The molecule has 0 N–H and O–H groups in total. The minimum atomic E-state index is 0.254. The quantitative estimate of drug-likeness (QED) is 0.737. The van der Waals surface area contributed by atoms with Gasteiger partial charge in [-0.25, -0.2) is 0 Å². The number of tetrazole rings is 1. The Morgan fingerprint density at radius 1 is 0.933 bits per heavy atom. The maximum atomic E-state index is 4.19. The van der Waals surface area contributed by atoms with Crippen molar-refractivity contribution in [1.29, 1.82) is 0 Å². The predicted molar refractivity (Wildman–Crippen MR) is 54.6 cm³/mol. The largest absolute Gasteiger partial charge is 0.204 e. The van der Waals surface area contributed by atoms with Gasteiger partial charge >= 0.3 is 0 Å². The molecule has 0 saturated carbocycles. The maximum Gasteiger partial charge on any atom is 0.204 e. The van der Waals surface area contributed by atoms with E-state index in [2.05, 4.69) is 25.7 Å². The van der Waals surface area contributed by atoms with Crippen molar-refractivity contribution in [1.82, 2.24) is 30.2 Å². The van der Waals surface area contributed by atoms with Crippen LogP contribution in [-0.4, -0.2) is 30.2 Å². The van der Waals surface area contributed by atoms with E-state index in [-0.39, 0.29) is 11.8 Å². The van der Waals surface area contributed by atoms with Crippen molar-refractivity contribution in [3.8, 4) is 0 Å². The van der Waals surface area contributed by atoms with Crippen molar-refractivity contribution < 1.29 is 0 Å². The third-order valence-corrected chi connectivity index (χ3v) is 2.24. The van der Waals surface area contributed by atoms with Gasteiger partial charge in [0.1, 0.15) is 5.69 Å². The molecule has 0 aliphatic rings. The topological polar surface area (TPSA) is 68.9 Å². The molecule has 0 saturated heterocycles. The third kappa shape index (κ3) is 1.55. The average Bonchev–Trinajstić information content (AvgIpc) is 2.63. The molecule has 6 heteroatoms. The fourth-order valence-electron chi connectivity index (χ4n) is 1.43. The number of aromatic nitrogens is 6. The number of fused-ring (bicyclic) bond motifs is 1. The van der Waals surface area contributed by atoms with Crippen LogP contribution in [0.3, 0.4) is 0 Å². The first-order chi connectivity index (χ1) is 7.11. The van der Waals surface area contributed by atoms with Gasteiger partial charge in [-0.2, -0.15) is 4.52 Å². The van der Waals surface area contributed by atoms with Crippen molar-refractivity contribution >= 4 is 5.65 Å². The Balaban J connectivity index is 2.71. The van der Waals surface area contributed by atoms with E-state index < -0.39 is 0 Å². The normalized spacial score (nSPS) is 11.9. The van der Waals surface area contributed by atoms with Crippen molar-refractivity contribution in [2.45, 2.75) is 39.5 Å². The van der Waals surface area contributed by atoms with E-state index in [0.29, 0.717) is 5.65 Å². The summed E-state index contributed by atoms with van der Waals surface area (Å²) in [5, 5.41) is 19.9. The van der Waals surface area contributed by atoms with E-state index in [9.17, 15) is 0 Å². The molecule has 0 bridgehead atoms. The summed E-state index contributed by atoms with van der Waals surface area (Å²) in [4.78, 5) is 0. The molecule has 2 heterocycles. The highest BCUT2D eigenvalue weighted by Gasteiger charge is 2.16. The number of rotatable bonds is 2. The molecule has 2 aromatic heterocycles. The summed E-state index contributed by atoms with van der Waals surface area (Å²) >= 11 is 0. The van der Waals surface area contributed by atoms with E-state index in [1.165, 1.54) is 0 Å². The molecule has 0 radical (unpaired) electrons. The predicted octanol–water partition coefficient (Wildman–Crippen LogP) is 1.16. The molecule has 0 spiro atoms. The maximum absolute atomic E-state index is 4.19. The Hall–Kier alpha value is -1.59. The number of hydrogen-bond donors (Lipinski definition) is 0. The second-order valence-corrected chi connectivity index (χ2v) is 4.17. The van der Waals surface area contributed by atoms with Crippen molar-refractivity contribution in [2.24, 2.45) is 0 Å². The summed E-state index contributed by atoms with van der Waals surface area (Å²) in [6.07, 6.45) is 0. The van der Waals surface area contributed by atoms with Crippen LogP contribution in [0.15, 0.2) is 0 Å². The van der Waals surface area contributed by atoms with Crippen LogP contribution < -0.4 is 0 Å². The zero-order valence-corrected chi connectivity index (χ0v) is 9.34. The van der Waals surface area contributed by atoms with E-state index in [1.807, 2.05) is 27.7 Å². The SMILES string of the molecule is CC(C)c1nnc(C(C)C)n2nnnc12. The Morgan fingerprint density at radius 3 is 2.27 bits per heavy atom. The monoisotopic (exact) mass is 206 g/mol. The van der Waals surface area contributed by atoms with Crippen LogP contribution in [0.2, 0.25) is 0 Å². The van der Waals surface area contributed by atoms with Gasteiger partial charge in [-0.1, -0.05) is 27.7 Å². The molecule has 15 heavy (non-hydrogen) atoms. The summed E-state index contributed by atoms with van der Waals surface area (Å²) in [6, 6.07) is 0. The Morgan fingerprint density at radius 2 is 1.67 bits per heavy atom. The van der Waals surface area contributed by atoms with Gasteiger partial charge in [0.2, 0.25) is 5.65 Å². The molecule has 0 fully saturated rings. The minimum Gasteiger partial charge on any atom is -0.175 e. The molecule has 80 valence electrons. The van der Waals surface area contributed by atoms with E-state index in [0.717, 1.165) is 11.5 Å². The van der Waals surface area contributed by atoms with Gasteiger partial charge < -0.3 is 0 Å². The standard InChI is InChI=1S/C9H14N6/c1-5(2)7-9-12-13-14-15(9)8(6(3)4)11-10-7/h5-6H,1-4H3. The fraction of sp³-hybridized carbons (Fsp3) is 0.667. The number of hydrogen-bond acceptors (Lipinski definition) is 5. The van der Waals surface area contributed by atoms with Crippen LogP contribution in [0.4, 0.5) is 0 Å². The van der Waals surface area contributed by atoms with Crippen LogP contribution in [0, 0.1) is 0 Å². The fourth-order valence-corrected chi connectivity index (χ4v) is 1.43. The zero-order valence-electron chi connectivity index (χ0n) is 9.34. The minimum absolute atomic E-state index is 0.254. The lowest BCUT2D eigenvalue weighted by atomic mass is 10.1. The van der Waals surface area contributed by atoms with Gasteiger partial charge in [-0.05, 0) is 10.4 Å². The summed E-state index contributed by atoms with van der Waals surface area (Å²) < 4.78 is 1.67. The van der Waals surface area contributed by atoms with E-state index >= 15 is 0 Å². The molecule has 2 rings (SSSR count). The molecule has 6 nitrogen and oxygen atoms in total. The van der Waals surface area contributed by atoms with Gasteiger partial charge in [0.05, 0.1) is 0 Å². The average molecular weight is 206 g/mol. The first-order valence-corrected chi connectivity index (χ1v) is 5.05. The molecule has 0 aliphatic heterocycles.